The molecular formula is C11H14BF3O2. The predicted octanol–water partition coefficient (Wildman–Crippen LogP) is 1.52. The highest BCUT2D eigenvalue weighted by Gasteiger charge is 2.24. The standard InChI is InChI=1S/C11H14BF3O2/c1-2-3-4-5-7-6-8(12(16)17)10(14)11(15)9(7)13/h6,16-17H,2-5H2,1H3. The third-order valence-electron chi connectivity index (χ3n) is 2.58. The van der Waals surface area contributed by atoms with Crippen LogP contribution in [0.3, 0.4) is 0 Å². The van der Waals surface area contributed by atoms with E-state index in [2.05, 4.69) is 0 Å². The SMILES string of the molecule is CCCCCc1cc(B(O)O)c(F)c(F)c1F. The van der Waals surface area contributed by atoms with E-state index in [9.17, 15) is 13.2 Å². The number of benzene rings is 1. The molecule has 2 N–H and O–H groups in total. The van der Waals surface area contributed by atoms with Crippen molar-refractivity contribution in [2.75, 3.05) is 0 Å². The van der Waals surface area contributed by atoms with E-state index < -0.39 is 30.0 Å². The summed E-state index contributed by atoms with van der Waals surface area (Å²) in [6.07, 6.45) is 2.65. The molecule has 0 aromatic heterocycles. The first-order chi connectivity index (χ1) is 7.99. The van der Waals surface area contributed by atoms with E-state index in [1.54, 1.807) is 0 Å². The van der Waals surface area contributed by atoms with Gasteiger partial charge in [-0.1, -0.05) is 25.8 Å². The Balaban J connectivity index is 3.04. The van der Waals surface area contributed by atoms with Crippen molar-refractivity contribution in [2.24, 2.45) is 0 Å². The molecule has 0 amide bonds. The van der Waals surface area contributed by atoms with Crippen LogP contribution in [0.2, 0.25) is 0 Å². The average molecular weight is 246 g/mol. The summed E-state index contributed by atoms with van der Waals surface area (Å²) in [5.74, 6) is -4.44. The van der Waals surface area contributed by atoms with Crippen molar-refractivity contribution in [2.45, 2.75) is 32.6 Å². The molecule has 0 aliphatic carbocycles. The van der Waals surface area contributed by atoms with Crippen molar-refractivity contribution >= 4 is 12.6 Å². The van der Waals surface area contributed by atoms with Crippen LogP contribution in [0.25, 0.3) is 0 Å². The van der Waals surface area contributed by atoms with Gasteiger partial charge in [-0.3, -0.25) is 0 Å². The first-order valence-electron chi connectivity index (χ1n) is 5.51. The van der Waals surface area contributed by atoms with Crippen molar-refractivity contribution in [3.8, 4) is 0 Å². The molecule has 0 radical (unpaired) electrons. The van der Waals surface area contributed by atoms with Gasteiger partial charge in [-0.15, -0.1) is 0 Å². The van der Waals surface area contributed by atoms with Gasteiger partial charge in [0.1, 0.15) is 0 Å². The van der Waals surface area contributed by atoms with Gasteiger partial charge in [0.25, 0.3) is 0 Å². The first kappa shape index (κ1) is 14.1. The van der Waals surface area contributed by atoms with Gasteiger partial charge in [-0.05, 0) is 18.4 Å². The second-order valence-corrected chi connectivity index (χ2v) is 3.90. The van der Waals surface area contributed by atoms with Crippen LogP contribution in [0, 0.1) is 17.5 Å². The van der Waals surface area contributed by atoms with Gasteiger partial charge < -0.3 is 10.0 Å². The molecule has 0 atom stereocenters. The highest BCUT2D eigenvalue weighted by molar-refractivity contribution is 6.58. The Kier molecular flexibility index (Phi) is 5.02. The Morgan fingerprint density at radius 3 is 2.24 bits per heavy atom. The molecule has 0 aliphatic rings. The number of aryl methyl sites for hydroxylation is 1. The lowest BCUT2D eigenvalue weighted by Gasteiger charge is -2.09. The van der Waals surface area contributed by atoms with Crippen LogP contribution in [0.5, 0.6) is 0 Å². The Bertz CT molecular complexity index is 397. The summed E-state index contributed by atoms with van der Waals surface area (Å²) in [4.78, 5) is 0. The van der Waals surface area contributed by atoms with Gasteiger partial charge >= 0.3 is 7.12 Å². The van der Waals surface area contributed by atoms with Gasteiger partial charge in [-0.2, -0.15) is 0 Å². The lowest BCUT2D eigenvalue weighted by molar-refractivity contribution is 0.413. The summed E-state index contributed by atoms with van der Waals surface area (Å²) in [7, 11) is -2.14. The first-order valence-corrected chi connectivity index (χ1v) is 5.51. The van der Waals surface area contributed by atoms with Crippen molar-refractivity contribution in [3.63, 3.8) is 0 Å². The molecule has 0 fully saturated rings. The number of unbranched alkanes of at least 4 members (excludes halogenated alkanes) is 2. The third kappa shape index (κ3) is 3.23. The summed E-state index contributed by atoms with van der Waals surface area (Å²) < 4.78 is 39.7. The molecule has 1 rings (SSSR count). The van der Waals surface area contributed by atoms with Crippen LogP contribution in [0.4, 0.5) is 13.2 Å². The van der Waals surface area contributed by atoms with E-state index in [0.717, 1.165) is 18.9 Å². The minimum Gasteiger partial charge on any atom is -0.423 e. The molecule has 0 bridgehead atoms. The van der Waals surface area contributed by atoms with E-state index in [1.165, 1.54) is 0 Å². The molecule has 0 spiro atoms. The van der Waals surface area contributed by atoms with Gasteiger partial charge in [0.2, 0.25) is 0 Å². The van der Waals surface area contributed by atoms with Crippen LogP contribution in [-0.4, -0.2) is 17.2 Å². The Labute approximate surface area is 98.2 Å². The van der Waals surface area contributed by atoms with Crippen molar-refractivity contribution < 1.29 is 23.2 Å². The Morgan fingerprint density at radius 2 is 1.71 bits per heavy atom. The highest BCUT2D eigenvalue weighted by atomic mass is 19.2. The van der Waals surface area contributed by atoms with Crippen molar-refractivity contribution in [1.29, 1.82) is 0 Å². The maximum absolute atomic E-state index is 13.4. The smallest absolute Gasteiger partial charge is 0.423 e. The number of rotatable bonds is 5. The molecule has 0 heterocycles. The maximum atomic E-state index is 13.4. The zero-order chi connectivity index (χ0) is 13.0. The number of hydrogen-bond acceptors (Lipinski definition) is 2. The van der Waals surface area contributed by atoms with Crippen LogP contribution in [0.15, 0.2) is 6.07 Å². The largest absolute Gasteiger partial charge is 0.491 e. The molecule has 0 saturated heterocycles. The lowest BCUT2D eigenvalue weighted by Crippen LogP contribution is -2.34. The van der Waals surface area contributed by atoms with E-state index in [-0.39, 0.29) is 12.0 Å². The molecule has 94 valence electrons. The minimum atomic E-state index is -2.14. The second-order valence-electron chi connectivity index (χ2n) is 3.90. The quantitative estimate of drug-likeness (QED) is 0.469. The summed E-state index contributed by atoms with van der Waals surface area (Å²) in [6.45, 7) is 1.96. The Morgan fingerprint density at radius 1 is 1.06 bits per heavy atom. The van der Waals surface area contributed by atoms with E-state index in [1.807, 2.05) is 6.92 Å². The zero-order valence-corrected chi connectivity index (χ0v) is 9.51. The molecule has 0 saturated carbocycles. The highest BCUT2D eigenvalue weighted by Crippen LogP contribution is 2.16. The number of hydrogen-bond donors (Lipinski definition) is 2. The molecule has 0 aliphatic heterocycles. The lowest BCUT2D eigenvalue weighted by atomic mass is 9.78. The van der Waals surface area contributed by atoms with E-state index in [4.69, 9.17) is 10.0 Å². The normalized spacial score (nSPS) is 10.7. The summed E-state index contributed by atoms with van der Waals surface area (Å²) in [5, 5.41) is 17.7. The van der Waals surface area contributed by atoms with E-state index >= 15 is 0 Å². The van der Waals surface area contributed by atoms with Crippen molar-refractivity contribution in [1.82, 2.24) is 0 Å². The molecule has 1 aromatic rings. The summed E-state index contributed by atoms with van der Waals surface area (Å²) in [6, 6.07) is 0.966. The Hall–Kier alpha value is -1.01. The fraction of sp³-hybridized carbons (Fsp3) is 0.455. The monoisotopic (exact) mass is 246 g/mol. The fourth-order valence-electron chi connectivity index (χ4n) is 1.61. The van der Waals surface area contributed by atoms with Crippen LogP contribution in [0.1, 0.15) is 31.7 Å². The van der Waals surface area contributed by atoms with Crippen LogP contribution >= 0.6 is 0 Å². The molecule has 0 unspecified atom stereocenters. The van der Waals surface area contributed by atoms with E-state index in [0.29, 0.717) is 6.42 Å². The van der Waals surface area contributed by atoms with Gasteiger partial charge in [0.05, 0.1) is 0 Å². The maximum Gasteiger partial charge on any atom is 0.491 e. The van der Waals surface area contributed by atoms with Gasteiger partial charge in [0, 0.05) is 5.46 Å². The van der Waals surface area contributed by atoms with Gasteiger partial charge in [-0.25, -0.2) is 13.2 Å². The van der Waals surface area contributed by atoms with Crippen LogP contribution in [-0.2, 0) is 6.42 Å². The molecule has 2 nitrogen and oxygen atoms in total. The average Bonchev–Trinajstić information content (AvgIpc) is 2.29. The van der Waals surface area contributed by atoms with Gasteiger partial charge in [0.15, 0.2) is 17.5 Å². The second kappa shape index (κ2) is 6.07. The van der Waals surface area contributed by atoms with Crippen LogP contribution < -0.4 is 5.46 Å². The zero-order valence-electron chi connectivity index (χ0n) is 9.51. The molecular weight excluding hydrogens is 232 g/mol. The molecule has 1 aromatic carbocycles. The fourth-order valence-corrected chi connectivity index (χ4v) is 1.61. The third-order valence-corrected chi connectivity index (χ3v) is 2.58. The topological polar surface area (TPSA) is 40.5 Å². The minimum absolute atomic E-state index is 0.0274. The molecule has 6 heteroatoms. The summed E-state index contributed by atoms with van der Waals surface area (Å²) >= 11 is 0. The summed E-state index contributed by atoms with van der Waals surface area (Å²) in [5.41, 5.74) is -0.657. The molecule has 17 heavy (non-hydrogen) atoms. The van der Waals surface area contributed by atoms with Crippen molar-refractivity contribution in [3.05, 3.63) is 29.1 Å². The number of halogens is 3. The predicted molar refractivity (Wildman–Crippen MR) is 59.4 cm³/mol.